The monoisotopic (exact) mass is 710 g/mol. The highest BCUT2D eigenvalue weighted by molar-refractivity contribution is 7.03. The second-order valence-corrected chi connectivity index (χ2v) is 26.3. The van der Waals surface area contributed by atoms with Gasteiger partial charge < -0.3 is 0 Å². The lowest BCUT2D eigenvalue weighted by atomic mass is 9.27. The molecule has 3 heteroatoms. The first kappa shape index (κ1) is 31.9. The van der Waals surface area contributed by atoms with Crippen LogP contribution in [0.1, 0.15) is 103 Å². The Morgan fingerprint density at radius 3 is 1.45 bits per heavy atom. The maximum Gasteiger partial charge on any atom is 0.182 e. The minimum absolute atomic E-state index is 0.791. The van der Waals surface area contributed by atoms with Crippen LogP contribution in [0, 0.1) is 47.3 Å². The third kappa shape index (κ3) is 4.56. The number of rotatable bonds is 6. The van der Waals surface area contributed by atoms with Crippen LogP contribution in [0.4, 0.5) is 0 Å². The average Bonchev–Trinajstić information content (AvgIpc) is 4.05. The van der Waals surface area contributed by atoms with Gasteiger partial charge in [-0.1, -0.05) is 179 Å². The molecule has 0 amide bonds. The first-order chi connectivity index (χ1) is 25.9. The molecular weight excluding hydrogens is 650 g/mol. The van der Waals surface area contributed by atoms with E-state index in [0.29, 0.717) is 0 Å². The van der Waals surface area contributed by atoms with Crippen molar-refractivity contribution >= 4 is 64.3 Å². The minimum Gasteiger partial charge on any atom is -0.0795 e. The molecule has 0 saturated heterocycles. The van der Waals surface area contributed by atoms with Gasteiger partial charge in [0.1, 0.15) is 8.07 Å². The van der Waals surface area contributed by atoms with Crippen molar-refractivity contribution in [2.75, 3.05) is 0 Å². The van der Waals surface area contributed by atoms with Crippen LogP contribution in [0.15, 0.2) is 60.7 Å². The zero-order chi connectivity index (χ0) is 34.7. The van der Waals surface area contributed by atoms with Crippen LogP contribution < -0.4 is 21.3 Å². The zero-order valence-corrected chi connectivity index (χ0v) is 33.7. The van der Waals surface area contributed by atoms with Gasteiger partial charge in [-0.25, -0.2) is 0 Å². The highest BCUT2D eigenvalue weighted by atomic mass is 28.3. The fraction of sp³-hybridized carbons (Fsp3) is 0.600. The van der Waals surface area contributed by atoms with Crippen molar-refractivity contribution < 1.29 is 0 Å². The minimum atomic E-state index is -1.94. The molecule has 8 saturated carbocycles. The lowest BCUT2D eigenvalue weighted by Gasteiger charge is -2.39. The van der Waals surface area contributed by atoms with E-state index in [2.05, 4.69) is 73.8 Å². The molecule has 1 aliphatic heterocycles. The third-order valence-corrected chi connectivity index (χ3v) is 23.0. The Labute approximate surface area is 321 Å². The van der Waals surface area contributed by atoms with Crippen LogP contribution in [0.25, 0.3) is 32.7 Å². The SMILES string of the molecule is C[Si]1(C)c2cc(B(C3CC4CCC3C4)C3CC4CCC3C4)ccc2-c2cc3ccc(B(C4CC5CCC4C5)C4CC5CCC4C5)cc3c3cccc1c23. The van der Waals surface area contributed by atoms with Gasteiger partial charge in [-0.3, -0.25) is 0 Å². The Kier molecular flexibility index (Phi) is 6.87. The van der Waals surface area contributed by atoms with E-state index in [1.807, 2.05) is 0 Å². The standard InChI is InChI=1S/C50H60B2Si/c1-53(2)48-5-3-4-41-42-27-38(51(44-22-29-6-10-34(44)18-29)45-23-30-7-11-35(45)19-30)15-14-33(42)26-43(50(41)48)40-17-16-39(28-49(40)53)52(46-24-31-8-12-36(46)20-31)47-25-32-9-13-37(47)21-32/h3-5,14-17,26-32,34-37,44-47H,6-13,18-25H2,1-2H3. The topological polar surface area (TPSA) is 0 Å². The summed E-state index contributed by atoms with van der Waals surface area (Å²) in [6.45, 7) is 7.01. The first-order valence-electron chi connectivity index (χ1n) is 23.1. The normalized spacial score (nSPS) is 39.2. The molecule has 0 spiro atoms. The van der Waals surface area contributed by atoms with Crippen LogP contribution in [0.2, 0.25) is 36.4 Å². The van der Waals surface area contributed by atoms with Gasteiger partial charge in [0.25, 0.3) is 0 Å². The van der Waals surface area contributed by atoms with E-state index in [9.17, 15) is 0 Å². The molecule has 1 heterocycles. The Morgan fingerprint density at radius 2 is 0.962 bits per heavy atom. The van der Waals surface area contributed by atoms with E-state index in [1.165, 1.54) is 95.3 Å². The van der Waals surface area contributed by atoms with E-state index < -0.39 is 8.07 Å². The van der Waals surface area contributed by atoms with Gasteiger partial charge in [-0.2, -0.15) is 0 Å². The van der Waals surface area contributed by atoms with Crippen molar-refractivity contribution in [2.45, 2.75) is 139 Å². The number of hydrogen-bond acceptors (Lipinski definition) is 0. The number of hydrogen-bond donors (Lipinski definition) is 0. The first-order valence-corrected chi connectivity index (χ1v) is 26.1. The van der Waals surface area contributed by atoms with Crippen molar-refractivity contribution in [2.24, 2.45) is 47.3 Å². The van der Waals surface area contributed by atoms with Crippen LogP contribution in [-0.2, 0) is 0 Å². The van der Waals surface area contributed by atoms with Crippen molar-refractivity contribution in [1.82, 2.24) is 0 Å². The molecule has 8 bridgehead atoms. The molecule has 13 rings (SSSR count). The quantitative estimate of drug-likeness (QED) is 0.138. The summed E-state index contributed by atoms with van der Waals surface area (Å²) < 4.78 is 0. The van der Waals surface area contributed by atoms with Gasteiger partial charge in [-0.15, -0.1) is 0 Å². The van der Waals surface area contributed by atoms with Crippen molar-refractivity contribution in [3.63, 3.8) is 0 Å². The van der Waals surface area contributed by atoms with Gasteiger partial charge in [0, 0.05) is 0 Å². The van der Waals surface area contributed by atoms with Crippen molar-refractivity contribution in [1.29, 1.82) is 0 Å². The Balaban J connectivity index is 0.940. The number of benzene rings is 4. The maximum atomic E-state index is 2.86. The fourth-order valence-corrected chi connectivity index (χ4v) is 20.5. The lowest BCUT2D eigenvalue weighted by molar-refractivity contribution is 0.441. The second kappa shape index (κ2) is 11.4. The van der Waals surface area contributed by atoms with E-state index in [1.54, 1.807) is 61.4 Å². The van der Waals surface area contributed by atoms with Crippen LogP contribution in [0.5, 0.6) is 0 Å². The average molecular weight is 711 g/mol. The summed E-state index contributed by atoms with van der Waals surface area (Å²) >= 11 is 0. The van der Waals surface area contributed by atoms with Gasteiger partial charge in [0.15, 0.2) is 13.4 Å². The Morgan fingerprint density at radius 1 is 0.453 bits per heavy atom. The summed E-state index contributed by atoms with van der Waals surface area (Å²) in [4.78, 5) is 0. The van der Waals surface area contributed by atoms with E-state index >= 15 is 0 Å². The molecule has 270 valence electrons. The van der Waals surface area contributed by atoms with E-state index in [0.717, 1.165) is 84.0 Å². The highest BCUT2D eigenvalue weighted by Crippen LogP contribution is 2.61. The predicted octanol–water partition coefficient (Wildman–Crippen LogP) is 11.0. The summed E-state index contributed by atoms with van der Waals surface area (Å²) in [5.74, 6) is 11.9. The molecule has 8 aliphatic carbocycles. The van der Waals surface area contributed by atoms with Crippen molar-refractivity contribution in [3.8, 4) is 11.1 Å². The van der Waals surface area contributed by atoms with Gasteiger partial charge in [0.05, 0.1) is 0 Å². The molecule has 4 aromatic carbocycles. The van der Waals surface area contributed by atoms with E-state index in [-0.39, 0.29) is 0 Å². The molecule has 0 N–H and O–H groups in total. The molecule has 8 fully saturated rings. The fourth-order valence-electron chi connectivity index (χ4n) is 17.4. The Bertz CT molecular complexity index is 2110. The summed E-state index contributed by atoms with van der Waals surface area (Å²) in [5, 5.41) is 9.64. The summed E-state index contributed by atoms with van der Waals surface area (Å²) in [5.41, 5.74) is 6.60. The van der Waals surface area contributed by atoms with Crippen LogP contribution in [0.3, 0.4) is 0 Å². The van der Waals surface area contributed by atoms with Crippen LogP contribution >= 0.6 is 0 Å². The molecule has 12 atom stereocenters. The smallest absolute Gasteiger partial charge is 0.0795 e. The summed E-state index contributed by atoms with van der Waals surface area (Å²) in [6.07, 6.45) is 24.4. The largest absolute Gasteiger partial charge is 0.182 e. The van der Waals surface area contributed by atoms with Gasteiger partial charge in [-0.05, 0) is 122 Å². The second-order valence-electron chi connectivity index (χ2n) is 22.0. The Hall–Kier alpha value is -2.25. The van der Waals surface area contributed by atoms with E-state index in [4.69, 9.17) is 0 Å². The lowest BCUT2D eigenvalue weighted by Crippen LogP contribution is -2.57. The molecule has 53 heavy (non-hydrogen) atoms. The molecule has 0 aromatic heterocycles. The molecule has 0 nitrogen and oxygen atoms in total. The highest BCUT2D eigenvalue weighted by Gasteiger charge is 2.54. The third-order valence-electron chi connectivity index (χ3n) is 19.5. The molecule has 9 aliphatic rings. The summed E-state index contributed by atoms with van der Waals surface area (Å²) in [6, 6.07) is 26.4. The van der Waals surface area contributed by atoms with Crippen LogP contribution in [-0.4, -0.2) is 21.5 Å². The van der Waals surface area contributed by atoms with Crippen molar-refractivity contribution in [3.05, 3.63) is 60.7 Å². The zero-order valence-electron chi connectivity index (χ0n) is 32.7. The summed E-state index contributed by atoms with van der Waals surface area (Å²) in [7, 11) is -1.94. The molecule has 0 radical (unpaired) electrons. The molecule has 4 aromatic rings. The van der Waals surface area contributed by atoms with Gasteiger partial charge in [0.2, 0.25) is 0 Å². The molecular formula is C50H60B2Si. The van der Waals surface area contributed by atoms with Gasteiger partial charge >= 0.3 is 0 Å². The predicted molar refractivity (Wildman–Crippen MR) is 231 cm³/mol. The molecule has 12 unspecified atom stereocenters. The maximum absolute atomic E-state index is 2.86. The number of fused-ring (bicyclic) bond motifs is 12.